The molecule has 0 bridgehead atoms. The summed E-state index contributed by atoms with van der Waals surface area (Å²) < 4.78 is 31.9. The Labute approximate surface area is 193 Å². The fourth-order valence-corrected chi connectivity index (χ4v) is 5.18. The number of hydrogen-bond donors (Lipinski definition) is 0. The molecule has 0 heterocycles. The minimum Gasteiger partial charge on any atom is -0.386 e. The first-order chi connectivity index (χ1) is 16.0. The zero-order valence-corrected chi connectivity index (χ0v) is 19.3. The van der Waals surface area contributed by atoms with Gasteiger partial charge in [0.25, 0.3) is 0 Å². The summed E-state index contributed by atoms with van der Waals surface area (Å²) in [5, 5.41) is 4.07. The van der Waals surface area contributed by atoms with Crippen molar-refractivity contribution in [2.45, 2.75) is 13.8 Å². The van der Waals surface area contributed by atoms with Crippen molar-refractivity contribution in [1.29, 1.82) is 0 Å². The summed E-state index contributed by atoms with van der Waals surface area (Å²) in [6.45, 7) is 3.80. The molecule has 5 heteroatoms. The molecular formula is C28H23O4P. The summed E-state index contributed by atoms with van der Waals surface area (Å²) in [6, 6.07) is 32.6. The third-order valence-corrected chi connectivity index (χ3v) is 6.76. The molecule has 0 saturated carbocycles. The normalized spacial score (nSPS) is 11.5. The Hall–Kier alpha value is -3.75. The van der Waals surface area contributed by atoms with Gasteiger partial charge in [0.1, 0.15) is 17.2 Å². The predicted octanol–water partition coefficient (Wildman–Crippen LogP) is 8.25. The smallest absolute Gasteiger partial charge is 0.386 e. The van der Waals surface area contributed by atoms with Crippen molar-refractivity contribution in [3.63, 3.8) is 0 Å². The lowest BCUT2D eigenvalue weighted by Gasteiger charge is -2.21. The monoisotopic (exact) mass is 454 g/mol. The fraction of sp³-hybridized carbons (Fsp3) is 0.0714. The summed E-state index contributed by atoms with van der Waals surface area (Å²) in [5.41, 5.74) is 1.69. The SMILES string of the molecule is Cc1cccc(C)c1OP(=O)(Oc1ccc2ccccc2c1)Oc1ccc2ccccc2c1. The van der Waals surface area contributed by atoms with Crippen molar-refractivity contribution in [3.8, 4) is 17.2 Å². The van der Waals surface area contributed by atoms with Crippen LogP contribution in [-0.2, 0) is 4.57 Å². The highest BCUT2D eigenvalue weighted by Crippen LogP contribution is 2.51. The van der Waals surface area contributed by atoms with Crippen LogP contribution in [0.5, 0.6) is 17.2 Å². The van der Waals surface area contributed by atoms with Crippen LogP contribution in [0.1, 0.15) is 11.1 Å². The van der Waals surface area contributed by atoms with Crippen LogP contribution >= 0.6 is 7.82 Å². The first-order valence-corrected chi connectivity index (χ1v) is 12.2. The van der Waals surface area contributed by atoms with Crippen LogP contribution in [0.15, 0.2) is 103 Å². The van der Waals surface area contributed by atoms with Crippen LogP contribution in [0, 0.1) is 13.8 Å². The van der Waals surface area contributed by atoms with Gasteiger partial charge >= 0.3 is 7.82 Å². The second kappa shape index (κ2) is 8.65. The molecule has 0 aliphatic rings. The highest BCUT2D eigenvalue weighted by molar-refractivity contribution is 7.49. The van der Waals surface area contributed by atoms with Crippen LogP contribution in [0.4, 0.5) is 0 Å². The van der Waals surface area contributed by atoms with E-state index in [0.717, 1.165) is 32.7 Å². The maximum absolute atomic E-state index is 14.0. The molecule has 0 amide bonds. The molecule has 33 heavy (non-hydrogen) atoms. The van der Waals surface area contributed by atoms with Crippen molar-refractivity contribution in [2.24, 2.45) is 0 Å². The molecule has 164 valence electrons. The number of fused-ring (bicyclic) bond motifs is 2. The van der Waals surface area contributed by atoms with E-state index in [-0.39, 0.29) is 0 Å². The van der Waals surface area contributed by atoms with Gasteiger partial charge in [0, 0.05) is 0 Å². The lowest BCUT2D eigenvalue weighted by molar-refractivity contribution is 0.297. The molecule has 0 spiro atoms. The first kappa shape index (κ1) is 21.1. The van der Waals surface area contributed by atoms with Gasteiger partial charge in [-0.1, -0.05) is 78.9 Å². The summed E-state index contributed by atoms with van der Waals surface area (Å²) in [4.78, 5) is 0. The van der Waals surface area contributed by atoms with Crippen LogP contribution in [0.25, 0.3) is 21.5 Å². The molecule has 0 radical (unpaired) electrons. The second-order valence-electron chi connectivity index (χ2n) is 7.96. The van der Waals surface area contributed by atoms with E-state index in [0.29, 0.717) is 17.2 Å². The Balaban J connectivity index is 1.54. The number of para-hydroxylation sites is 1. The summed E-state index contributed by atoms with van der Waals surface area (Å²) in [6.07, 6.45) is 0. The Morgan fingerprint density at radius 3 is 1.45 bits per heavy atom. The predicted molar refractivity (Wildman–Crippen MR) is 133 cm³/mol. The highest BCUT2D eigenvalue weighted by Gasteiger charge is 2.34. The van der Waals surface area contributed by atoms with Crippen LogP contribution in [0.3, 0.4) is 0 Å². The zero-order valence-electron chi connectivity index (χ0n) is 18.4. The largest absolute Gasteiger partial charge is 0.647 e. The maximum atomic E-state index is 14.0. The van der Waals surface area contributed by atoms with E-state index in [9.17, 15) is 4.57 Å². The molecule has 0 fully saturated rings. The van der Waals surface area contributed by atoms with Gasteiger partial charge in [-0.15, -0.1) is 0 Å². The molecule has 0 saturated heterocycles. The minimum absolute atomic E-state index is 0.407. The van der Waals surface area contributed by atoms with Gasteiger partial charge in [0.2, 0.25) is 0 Å². The first-order valence-electron chi connectivity index (χ1n) is 10.7. The Morgan fingerprint density at radius 1 is 0.515 bits per heavy atom. The summed E-state index contributed by atoms with van der Waals surface area (Å²) in [5.74, 6) is 1.30. The molecule has 5 aromatic rings. The standard InChI is InChI=1S/C28H23O4P/c1-20-8-7-9-21(2)28(20)32-33(29,30-26-16-14-22-10-3-5-12-24(22)18-26)31-27-17-15-23-11-4-6-13-25(23)19-27/h3-19H,1-2H3. The number of phosphoric acid groups is 1. The zero-order chi connectivity index (χ0) is 22.8. The minimum atomic E-state index is -4.09. The van der Waals surface area contributed by atoms with Gasteiger partial charge in [-0.05, 0) is 70.8 Å². The van der Waals surface area contributed by atoms with Gasteiger partial charge in [-0.25, -0.2) is 0 Å². The Bertz CT molecular complexity index is 1400. The number of benzene rings is 5. The third kappa shape index (κ3) is 4.57. The lowest BCUT2D eigenvalue weighted by Crippen LogP contribution is -2.09. The van der Waals surface area contributed by atoms with E-state index >= 15 is 0 Å². The molecule has 4 nitrogen and oxygen atoms in total. The van der Waals surface area contributed by atoms with Crippen molar-refractivity contribution in [2.75, 3.05) is 0 Å². The molecule has 5 aromatic carbocycles. The van der Waals surface area contributed by atoms with Crippen LogP contribution in [0.2, 0.25) is 0 Å². The molecule has 0 aliphatic heterocycles. The van der Waals surface area contributed by atoms with E-state index < -0.39 is 7.82 Å². The van der Waals surface area contributed by atoms with Crippen molar-refractivity contribution in [1.82, 2.24) is 0 Å². The van der Waals surface area contributed by atoms with Crippen molar-refractivity contribution < 1.29 is 18.1 Å². The average molecular weight is 454 g/mol. The maximum Gasteiger partial charge on any atom is 0.647 e. The molecule has 0 unspecified atom stereocenters. The molecule has 0 atom stereocenters. The van der Waals surface area contributed by atoms with Crippen LogP contribution in [-0.4, -0.2) is 0 Å². The topological polar surface area (TPSA) is 44.8 Å². The third-order valence-electron chi connectivity index (χ3n) is 5.49. The quantitative estimate of drug-likeness (QED) is 0.242. The van der Waals surface area contributed by atoms with E-state index in [1.54, 1.807) is 12.1 Å². The number of rotatable bonds is 6. The van der Waals surface area contributed by atoms with E-state index in [1.807, 2.05) is 105 Å². The van der Waals surface area contributed by atoms with Crippen molar-refractivity contribution in [3.05, 3.63) is 114 Å². The Kier molecular flexibility index (Phi) is 5.53. The summed E-state index contributed by atoms with van der Waals surface area (Å²) >= 11 is 0. The Morgan fingerprint density at radius 2 is 0.970 bits per heavy atom. The van der Waals surface area contributed by atoms with Gasteiger partial charge in [0.15, 0.2) is 0 Å². The van der Waals surface area contributed by atoms with Gasteiger partial charge in [0.05, 0.1) is 0 Å². The number of hydrogen-bond acceptors (Lipinski definition) is 4. The lowest BCUT2D eigenvalue weighted by atomic mass is 10.1. The average Bonchev–Trinajstić information content (AvgIpc) is 2.81. The summed E-state index contributed by atoms with van der Waals surface area (Å²) in [7, 11) is -4.09. The highest BCUT2D eigenvalue weighted by atomic mass is 31.2. The van der Waals surface area contributed by atoms with E-state index in [1.165, 1.54) is 0 Å². The van der Waals surface area contributed by atoms with E-state index in [4.69, 9.17) is 13.6 Å². The number of phosphoric ester groups is 1. The molecule has 0 N–H and O–H groups in total. The number of aryl methyl sites for hydroxylation is 2. The molecule has 5 rings (SSSR count). The van der Waals surface area contributed by atoms with E-state index in [2.05, 4.69) is 0 Å². The van der Waals surface area contributed by atoms with Gasteiger partial charge < -0.3 is 13.6 Å². The van der Waals surface area contributed by atoms with Crippen LogP contribution < -0.4 is 13.6 Å². The van der Waals surface area contributed by atoms with Gasteiger partial charge in [-0.3, -0.25) is 0 Å². The molecule has 0 aliphatic carbocycles. The molecule has 0 aromatic heterocycles. The van der Waals surface area contributed by atoms with Crippen molar-refractivity contribution >= 4 is 29.4 Å². The molecular weight excluding hydrogens is 431 g/mol. The second-order valence-corrected chi connectivity index (χ2v) is 9.40. The van der Waals surface area contributed by atoms with Gasteiger partial charge in [-0.2, -0.15) is 4.57 Å². The fourth-order valence-electron chi connectivity index (χ4n) is 3.82.